The zero-order valence-corrected chi connectivity index (χ0v) is 14.3. The fourth-order valence-electron chi connectivity index (χ4n) is 2.52. The fraction of sp³-hybridized carbons (Fsp3) is 0.400. The van der Waals surface area contributed by atoms with Gasteiger partial charge in [0.2, 0.25) is 0 Å². The molecule has 0 amide bonds. The first kappa shape index (κ1) is 17.4. The van der Waals surface area contributed by atoms with Crippen molar-refractivity contribution in [3.63, 3.8) is 0 Å². The van der Waals surface area contributed by atoms with E-state index >= 15 is 0 Å². The molecule has 0 aliphatic rings. The van der Waals surface area contributed by atoms with Crippen LogP contribution in [-0.2, 0) is 6.61 Å². The molecule has 0 saturated heterocycles. The lowest BCUT2D eigenvalue weighted by Gasteiger charge is -2.18. The van der Waals surface area contributed by atoms with Crippen LogP contribution in [0.3, 0.4) is 0 Å². The normalized spacial score (nSPS) is 12.2. The molecule has 0 heterocycles. The zero-order chi connectivity index (χ0) is 16.7. The van der Waals surface area contributed by atoms with Crippen molar-refractivity contribution in [1.29, 1.82) is 0 Å². The van der Waals surface area contributed by atoms with Crippen LogP contribution >= 0.6 is 0 Å². The van der Waals surface area contributed by atoms with Gasteiger partial charge < -0.3 is 15.2 Å². The Kier molecular flexibility index (Phi) is 6.48. The van der Waals surface area contributed by atoms with Gasteiger partial charge in [0.1, 0.15) is 6.61 Å². The van der Waals surface area contributed by atoms with Gasteiger partial charge in [-0.3, -0.25) is 0 Å². The second kappa shape index (κ2) is 8.59. The van der Waals surface area contributed by atoms with Crippen molar-refractivity contribution in [3.8, 4) is 11.5 Å². The molecule has 0 radical (unpaired) electrons. The molecule has 2 aromatic carbocycles. The Morgan fingerprint density at radius 3 is 2.35 bits per heavy atom. The zero-order valence-electron chi connectivity index (χ0n) is 14.3. The van der Waals surface area contributed by atoms with E-state index in [0.29, 0.717) is 19.1 Å². The summed E-state index contributed by atoms with van der Waals surface area (Å²) < 4.78 is 11.7. The van der Waals surface area contributed by atoms with E-state index in [9.17, 15) is 0 Å². The molecule has 0 aliphatic heterocycles. The van der Waals surface area contributed by atoms with Gasteiger partial charge in [0.15, 0.2) is 11.5 Å². The van der Waals surface area contributed by atoms with Gasteiger partial charge in [0.05, 0.1) is 6.61 Å². The minimum atomic E-state index is 0.0254. The van der Waals surface area contributed by atoms with Crippen molar-refractivity contribution in [2.24, 2.45) is 11.7 Å². The molecule has 0 saturated carbocycles. The lowest BCUT2D eigenvalue weighted by Crippen LogP contribution is -2.13. The Morgan fingerprint density at radius 1 is 0.957 bits per heavy atom. The SMILES string of the molecule is CCOc1cc([C@H](N)CC(C)C)ccc1OCc1ccccc1. The largest absolute Gasteiger partial charge is 0.490 e. The molecular weight excluding hydrogens is 286 g/mol. The lowest BCUT2D eigenvalue weighted by atomic mass is 9.97. The number of hydrogen-bond acceptors (Lipinski definition) is 3. The van der Waals surface area contributed by atoms with Crippen LogP contribution < -0.4 is 15.2 Å². The van der Waals surface area contributed by atoms with Crippen molar-refractivity contribution in [2.45, 2.75) is 39.8 Å². The third kappa shape index (κ3) is 5.29. The summed E-state index contributed by atoms with van der Waals surface area (Å²) in [5, 5.41) is 0. The van der Waals surface area contributed by atoms with Gasteiger partial charge in [0.25, 0.3) is 0 Å². The van der Waals surface area contributed by atoms with E-state index in [2.05, 4.69) is 13.8 Å². The average Bonchev–Trinajstić information content (AvgIpc) is 2.54. The number of nitrogens with two attached hydrogens (primary N) is 1. The molecule has 0 spiro atoms. The van der Waals surface area contributed by atoms with Gasteiger partial charge >= 0.3 is 0 Å². The first-order valence-electron chi connectivity index (χ1n) is 8.29. The summed E-state index contributed by atoms with van der Waals surface area (Å²) in [6.07, 6.45) is 0.954. The van der Waals surface area contributed by atoms with Crippen LogP contribution in [0.4, 0.5) is 0 Å². The minimum Gasteiger partial charge on any atom is -0.490 e. The highest BCUT2D eigenvalue weighted by Gasteiger charge is 2.13. The molecule has 3 heteroatoms. The minimum absolute atomic E-state index is 0.0254. The number of benzene rings is 2. The molecule has 0 unspecified atom stereocenters. The summed E-state index contributed by atoms with van der Waals surface area (Å²) in [7, 11) is 0. The highest BCUT2D eigenvalue weighted by Crippen LogP contribution is 2.32. The Hall–Kier alpha value is -2.00. The molecule has 23 heavy (non-hydrogen) atoms. The van der Waals surface area contributed by atoms with Gasteiger partial charge in [-0.15, -0.1) is 0 Å². The Labute approximate surface area is 139 Å². The predicted molar refractivity (Wildman–Crippen MR) is 94.8 cm³/mol. The van der Waals surface area contributed by atoms with E-state index in [4.69, 9.17) is 15.2 Å². The molecule has 2 rings (SSSR count). The Morgan fingerprint density at radius 2 is 1.70 bits per heavy atom. The van der Waals surface area contributed by atoms with E-state index in [1.165, 1.54) is 0 Å². The molecule has 1 atom stereocenters. The van der Waals surface area contributed by atoms with Gasteiger partial charge in [-0.25, -0.2) is 0 Å². The average molecular weight is 313 g/mol. The van der Waals surface area contributed by atoms with Crippen molar-refractivity contribution >= 4 is 0 Å². The summed E-state index contributed by atoms with van der Waals surface area (Å²) in [4.78, 5) is 0. The maximum atomic E-state index is 6.28. The third-order valence-corrected chi connectivity index (χ3v) is 3.66. The van der Waals surface area contributed by atoms with E-state index in [0.717, 1.165) is 29.0 Å². The molecule has 0 fully saturated rings. The highest BCUT2D eigenvalue weighted by atomic mass is 16.5. The van der Waals surface area contributed by atoms with Crippen LogP contribution in [-0.4, -0.2) is 6.61 Å². The predicted octanol–water partition coefficient (Wildman–Crippen LogP) is 4.71. The van der Waals surface area contributed by atoms with Crippen molar-refractivity contribution < 1.29 is 9.47 Å². The first-order valence-corrected chi connectivity index (χ1v) is 8.29. The lowest BCUT2D eigenvalue weighted by molar-refractivity contribution is 0.269. The standard InChI is InChI=1S/C20H27NO2/c1-4-22-20-13-17(18(21)12-15(2)3)10-11-19(20)23-14-16-8-6-5-7-9-16/h5-11,13,15,18H,4,12,14,21H2,1-3H3/t18-/m1/s1. The fourth-order valence-corrected chi connectivity index (χ4v) is 2.52. The molecule has 0 aromatic heterocycles. The van der Waals surface area contributed by atoms with Gasteiger partial charge in [-0.1, -0.05) is 50.2 Å². The molecule has 2 N–H and O–H groups in total. The second-order valence-corrected chi connectivity index (χ2v) is 6.15. The molecule has 124 valence electrons. The van der Waals surface area contributed by atoms with Crippen molar-refractivity contribution in [1.82, 2.24) is 0 Å². The summed E-state index contributed by atoms with van der Waals surface area (Å²) in [6, 6.07) is 16.2. The second-order valence-electron chi connectivity index (χ2n) is 6.15. The summed E-state index contributed by atoms with van der Waals surface area (Å²) in [6.45, 7) is 7.46. The number of hydrogen-bond donors (Lipinski definition) is 1. The van der Waals surface area contributed by atoms with Crippen LogP contribution in [0.5, 0.6) is 11.5 Å². The molecule has 0 aliphatic carbocycles. The quantitative estimate of drug-likeness (QED) is 0.767. The molecular formula is C20H27NO2. The summed E-state index contributed by atoms with van der Waals surface area (Å²) in [5.74, 6) is 2.09. The van der Waals surface area contributed by atoms with Crippen molar-refractivity contribution in [3.05, 3.63) is 59.7 Å². The Balaban J connectivity index is 2.12. The molecule has 0 bridgehead atoms. The van der Waals surface area contributed by atoms with E-state index in [1.807, 2.05) is 55.5 Å². The smallest absolute Gasteiger partial charge is 0.161 e. The van der Waals surface area contributed by atoms with Crippen LogP contribution in [0.25, 0.3) is 0 Å². The number of ether oxygens (including phenoxy) is 2. The maximum absolute atomic E-state index is 6.28. The number of rotatable bonds is 8. The highest BCUT2D eigenvalue weighted by molar-refractivity contribution is 5.44. The summed E-state index contributed by atoms with van der Waals surface area (Å²) in [5.41, 5.74) is 8.51. The van der Waals surface area contributed by atoms with E-state index in [-0.39, 0.29) is 6.04 Å². The third-order valence-electron chi connectivity index (χ3n) is 3.66. The topological polar surface area (TPSA) is 44.5 Å². The van der Waals surface area contributed by atoms with Gasteiger partial charge in [0, 0.05) is 6.04 Å². The monoisotopic (exact) mass is 313 g/mol. The molecule has 2 aromatic rings. The van der Waals surface area contributed by atoms with Crippen LogP contribution in [0.2, 0.25) is 0 Å². The van der Waals surface area contributed by atoms with Crippen LogP contribution in [0.15, 0.2) is 48.5 Å². The summed E-state index contributed by atoms with van der Waals surface area (Å²) >= 11 is 0. The Bertz CT molecular complexity index is 596. The van der Waals surface area contributed by atoms with Crippen molar-refractivity contribution in [2.75, 3.05) is 6.61 Å². The van der Waals surface area contributed by atoms with Crippen LogP contribution in [0.1, 0.15) is 44.4 Å². The van der Waals surface area contributed by atoms with E-state index in [1.54, 1.807) is 0 Å². The molecule has 3 nitrogen and oxygen atoms in total. The maximum Gasteiger partial charge on any atom is 0.161 e. The van der Waals surface area contributed by atoms with E-state index < -0.39 is 0 Å². The first-order chi connectivity index (χ1) is 11.1. The van der Waals surface area contributed by atoms with Gasteiger partial charge in [-0.05, 0) is 42.5 Å². The van der Waals surface area contributed by atoms with Gasteiger partial charge in [-0.2, -0.15) is 0 Å². The van der Waals surface area contributed by atoms with Crippen LogP contribution in [0, 0.1) is 5.92 Å².